The number of carboxylic acid groups (broad SMARTS) is 4. The number of carbonyl (C=O) groups is 4. The van der Waals surface area contributed by atoms with Crippen LogP contribution in [0.15, 0.2) is 94.2 Å². The fraction of sp³-hybridized carbons (Fsp3) is 0.143. The first-order valence-electron chi connectivity index (χ1n) is 12.7. The summed E-state index contributed by atoms with van der Waals surface area (Å²) in [5.41, 5.74) is -1.66. The predicted octanol–water partition coefficient (Wildman–Crippen LogP) is 4.05. The number of halogens is 2. The van der Waals surface area contributed by atoms with Gasteiger partial charge in [0, 0.05) is 41.9 Å². The zero-order valence-electron chi connectivity index (χ0n) is 24.5. The molecule has 0 saturated heterocycles. The van der Waals surface area contributed by atoms with E-state index in [0.29, 0.717) is 17.6 Å². The maximum Gasteiger partial charge on any atom is 0.341 e. The highest BCUT2D eigenvalue weighted by molar-refractivity contribution is 5.99. The Hall–Kier alpha value is -5.98. The number of nitro groups is 2. The molecule has 0 saturated carbocycles. The second-order valence-corrected chi connectivity index (χ2v) is 9.65. The third-order valence-corrected chi connectivity index (χ3v) is 6.80. The molecule has 7 N–H and O–H groups in total. The van der Waals surface area contributed by atoms with Gasteiger partial charge in [-0.1, -0.05) is 24.3 Å². The highest BCUT2D eigenvalue weighted by atomic mass is 35.5. The molecule has 0 aliphatic carbocycles. The average Bonchev–Trinajstić information content (AvgIpc) is 2.97. The van der Waals surface area contributed by atoms with Gasteiger partial charge in [0.05, 0.1) is 26.9 Å². The van der Waals surface area contributed by atoms with E-state index in [1.54, 1.807) is 0 Å². The van der Waals surface area contributed by atoms with Crippen LogP contribution in [-0.4, -0.2) is 69.5 Å². The largest absolute Gasteiger partial charge is 0.506 e. The van der Waals surface area contributed by atoms with Crippen LogP contribution in [0.4, 0.5) is 11.4 Å². The Bertz CT molecular complexity index is 1780. The van der Waals surface area contributed by atoms with Gasteiger partial charge in [-0.25, -0.2) is 19.2 Å². The molecule has 0 fully saturated rings. The van der Waals surface area contributed by atoms with Crippen molar-refractivity contribution in [1.29, 1.82) is 0 Å². The SMILES string of the molecule is CC1=C(C(=O)O)C(c2cccc([N+](=O)[O-])c2)C(C(=O)O)=C(C)N1.Cl.Cl.O=C(O)C1=CN(O)C(c2cccc([N+](=O)[O-])c2)C(C(=O)O)=C1O. The monoisotopic (exact) mass is 712 g/mol. The van der Waals surface area contributed by atoms with Gasteiger partial charge in [-0.05, 0) is 25.0 Å². The first kappa shape index (κ1) is 40.0. The number of aliphatic hydroxyl groups is 1. The smallest absolute Gasteiger partial charge is 0.341 e. The number of hydrogen-bond donors (Lipinski definition) is 7. The van der Waals surface area contributed by atoms with Crippen LogP contribution in [-0.2, 0) is 19.2 Å². The number of dihydropyridines is 1. The highest BCUT2D eigenvalue weighted by Crippen LogP contribution is 2.39. The molecule has 4 rings (SSSR count). The highest BCUT2D eigenvalue weighted by Gasteiger charge is 2.38. The van der Waals surface area contributed by atoms with Crippen molar-refractivity contribution in [2.75, 3.05) is 0 Å². The van der Waals surface area contributed by atoms with E-state index in [-0.39, 0.29) is 63.5 Å². The Labute approximate surface area is 281 Å². The van der Waals surface area contributed by atoms with Crippen molar-refractivity contribution in [3.8, 4) is 0 Å². The van der Waals surface area contributed by atoms with Crippen molar-refractivity contribution >= 4 is 60.1 Å². The van der Waals surface area contributed by atoms with Crippen molar-refractivity contribution in [2.45, 2.75) is 25.8 Å². The number of aliphatic carboxylic acids is 4. The molecule has 48 heavy (non-hydrogen) atoms. The van der Waals surface area contributed by atoms with Gasteiger partial charge in [0.25, 0.3) is 11.4 Å². The second-order valence-electron chi connectivity index (χ2n) is 9.65. The summed E-state index contributed by atoms with van der Waals surface area (Å²) in [4.78, 5) is 66.0. The number of carboxylic acids is 4. The number of nitro benzene ring substituents is 2. The number of nitrogens with one attached hydrogen (secondary N) is 1. The van der Waals surface area contributed by atoms with Crippen molar-refractivity contribution < 1.29 is 59.8 Å². The number of aliphatic hydroxyl groups excluding tert-OH is 1. The number of non-ortho nitro benzene ring substituents is 2. The van der Waals surface area contributed by atoms with E-state index in [4.69, 9.17) is 5.11 Å². The molecular weight excluding hydrogens is 687 g/mol. The van der Waals surface area contributed by atoms with Gasteiger partial charge in [-0.2, -0.15) is 0 Å². The lowest BCUT2D eigenvalue weighted by molar-refractivity contribution is -0.385. The molecule has 2 aromatic carbocycles. The average molecular weight is 713 g/mol. The van der Waals surface area contributed by atoms with E-state index in [1.807, 2.05) is 0 Å². The maximum absolute atomic E-state index is 11.6. The third kappa shape index (κ3) is 8.23. The van der Waals surface area contributed by atoms with Crippen LogP contribution in [0.2, 0.25) is 0 Å². The number of rotatable bonds is 8. The lowest BCUT2D eigenvalue weighted by atomic mass is 9.80. The maximum atomic E-state index is 11.6. The van der Waals surface area contributed by atoms with E-state index in [9.17, 15) is 65.0 Å². The van der Waals surface area contributed by atoms with Crippen molar-refractivity contribution in [2.24, 2.45) is 0 Å². The van der Waals surface area contributed by atoms with Gasteiger partial charge in [0.1, 0.15) is 22.9 Å². The van der Waals surface area contributed by atoms with Crippen LogP contribution >= 0.6 is 24.8 Å². The van der Waals surface area contributed by atoms with Crippen molar-refractivity contribution in [3.05, 3.63) is 126 Å². The molecule has 0 radical (unpaired) electrons. The van der Waals surface area contributed by atoms with Gasteiger partial charge in [-0.15, -0.1) is 24.8 Å². The second kappa shape index (κ2) is 16.0. The molecule has 1 atom stereocenters. The van der Waals surface area contributed by atoms with Crippen molar-refractivity contribution in [1.82, 2.24) is 10.4 Å². The number of hydroxylamine groups is 2. The Kier molecular flexibility index (Phi) is 13.4. The van der Waals surface area contributed by atoms with Crippen LogP contribution in [0.25, 0.3) is 0 Å². The van der Waals surface area contributed by atoms with E-state index >= 15 is 0 Å². The summed E-state index contributed by atoms with van der Waals surface area (Å²) >= 11 is 0. The minimum absolute atomic E-state index is 0. The molecule has 0 aromatic heterocycles. The first-order valence-corrected chi connectivity index (χ1v) is 12.7. The molecule has 2 aliphatic rings. The molecule has 2 aromatic rings. The predicted molar refractivity (Wildman–Crippen MR) is 167 cm³/mol. The van der Waals surface area contributed by atoms with Crippen molar-refractivity contribution in [3.63, 3.8) is 0 Å². The Balaban J connectivity index is 0.000000461. The Morgan fingerprint density at radius 1 is 0.729 bits per heavy atom. The van der Waals surface area contributed by atoms with Crippen LogP contribution in [0.5, 0.6) is 0 Å². The van der Waals surface area contributed by atoms with Gasteiger partial charge >= 0.3 is 23.9 Å². The fourth-order valence-corrected chi connectivity index (χ4v) is 4.89. The van der Waals surface area contributed by atoms with Crippen LogP contribution in [0.1, 0.15) is 36.9 Å². The molecular formula is C28H26Cl2N4O14. The first-order chi connectivity index (χ1) is 21.5. The molecule has 0 amide bonds. The van der Waals surface area contributed by atoms with E-state index in [1.165, 1.54) is 50.2 Å². The number of hydrogen-bond acceptors (Lipinski definition) is 12. The summed E-state index contributed by atoms with van der Waals surface area (Å²) in [5.74, 6) is -8.00. The van der Waals surface area contributed by atoms with Gasteiger partial charge < -0.3 is 30.8 Å². The summed E-state index contributed by atoms with van der Waals surface area (Å²) in [5, 5.41) is 81.6. The lowest BCUT2D eigenvalue weighted by Crippen LogP contribution is -2.32. The standard InChI is InChI=1S/C15H14N2O6.C13H10N2O8.2ClH/c1-7-11(14(18)19)13(12(15(20)21)8(2)16-7)9-4-3-5-10(6-9)17(22)23;16-11-8(12(17)18)5-14(21)10(9(11)13(19)20)6-2-1-3-7(4-6)15(22)23;;/h3-6,13,16H,1-2H3,(H,18,19)(H,20,21);1-5,10,16,21H,(H,17,18)(H,19,20);2*1H. The summed E-state index contributed by atoms with van der Waals surface area (Å²) < 4.78 is 0. The summed E-state index contributed by atoms with van der Waals surface area (Å²) in [7, 11) is 0. The minimum Gasteiger partial charge on any atom is -0.506 e. The van der Waals surface area contributed by atoms with Crippen LogP contribution < -0.4 is 5.32 Å². The third-order valence-electron chi connectivity index (χ3n) is 6.80. The normalized spacial score (nSPS) is 15.9. The molecule has 2 heterocycles. The van der Waals surface area contributed by atoms with E-state index < -0.39 is 62.6 Å². The van der Waals surface area contributed by atoms with Gasteiger partial charge in [0.2, 0.25) is 0 Å². The number of benzene rings is 2. The Morgan fingerprint density at radius 2 is 1.15 bits per heavy atom. The Morgan fingerprint density at radius 3 is 1.54 bits per heavy atom. The van der Waals surface area contributed by atoms with Crippen LogP contribution in [0.3, 0.4) is 0 Å². The zero-order chi connectivity index (χ0) is 34.6. The molecule has 20 heteroatoms. The lowest BCUT2D eigenvalue weighted by Gasteiger charge is -2.30. The minimum atomic E-state index is -1.68. The fourth-order valence-electron chi connectivity index (χ4n) is 4.89. The summed E-state index contributed by atoms with van der Waals surface area (Å²) in [6, 6.07) is 8.59. The molecule has 256 valence electrons. The van der Waals surface area contributed by atoms with E-state index in [2.05, 4.69) is 5.32 Å². The molecule has 0 bridgehead atoms. The van der Waals surface area contributed by atoms with Crippen LogP contribution in [0, 0.1) is 20.2 Å². The molecule has 2 aliphatic heterocycles. The van der Waals surface area contributed by atoms with E-state index in [0.717, 1.165) is 12.1 Å². The molecule has 0 spiro atoms. The molecule has 1 unspecified atom stereocenters. The topological polar surface area (TPSA) is 291 Å². The molecule has 18 nitrogen and oxygen atoms in total. The quantitative estimate of drug-likeness (QED) is 0.150. The number of nitrogens with zero attached hydrogens (tertiary/aromatic N) is 3. The zero-order valence-corrected chi connectivity index (χ0v) is 26.1. The van der Waals surface area contributed by atoms with Gasteiger partial charge in [-0.3, -0.25) is 30.5 Å². The number of allylic oxidation sites excluding steroid dienone is 2. The summed E-state index contributed by atoms with van der Waals surface area (Å²) in [6.45, 7) is 3.05. The van der Waals surface area contributed by atoms with Gasteiger partial charge in [0.15, 0.2) is 0 Å². The summed E-state index contributed by atoms with van der Waals surface area (Å²) in [6.07, 6.45) is 0.633.